The van der Waals surface area contributed by atoms with Gasteiger partial charge in [0.2, 0.25) is 0 Å². The second-order valence-electron chi connectivity index (χ2n) is 3.07. The van der Waals surface area contributed by atoms with E-state index in [0.717, 1.165) is 0 Å². The van der Waals surface area contributed by atoms with E-state index in [2.05, 4.69) is 11.9 Å². The fourth-order valence-electron chi connectivity index (χ4n) is 1.41. The summed E-state index contributed by atoms with van der Waals surface area (Å²) in [4.78, 5) is 2.44. The maximum absolute atomic E-state index is 2.44. The van der Waals surface area contributed by atoms with Crippen molar-refractivity contribution >= 4 is 0 Å². The lowest BCUT2D eigenvalue weighted by atomic mass is 10.1. The van der Waals surface area contributed by atoms with Crippen molar-refractivity contribution in [3.8, 4) is 0 Å². The molecule has 0 N–H and O–H groups in total. The first-order valence-electron chi connectivity index (χ1n) is 5.08. The van der Waals surface area contributed by atoms with Crippen LogP contribution >= 0.6 is 0 Å². The average Bonchev–Trinajstić information content (AvgIpc) is 2.01. The van der Waals surface area contributed by atoms with Crippen molar-refractivity contribution in [2.45, 2.75) is 46.0 Å². The summed E-state index contributed by atoms with van der Waals surface area (Å²) < 4.78 is 0. The third-order valence-electron chi connectivity index (χ3n) is 2.08. The molecule has 1 aliphatic heterocycles. The van der Waals surface area contributed by atoms with E-state index in [1.54, 1.807) is 0 Å². The Bertz CT molecular complexity index is 63.3. The van der Waals surface area contributed by atoms with Crippen molar-refractivity contribution < 1.29 is 0 Å². The van der Waals surface area contributed by atoms with Gasteiger partial charge in [-0.2, -0.15) is 0 Å². The molecule has 0 amide bonds. The molecule has 0 spiro atoms. The Kier molecular flexibility index (Phi) is 8.03. The topological polar surface area (TPSA) is 3.24 Å². The number of hydrogen-bond donors (Lipinski definition) is 0. The molecule has 0 aromatic heterocycles. The van der Waals surface area contributed by atoms with E-state index in [-0.39, 0.29) is 0 Å². The highest BCUT2D eigenvalue weighted by molar-refractivity contribution is 4.56. The van der Waals surface area contributed by atoms with Gasteiger partial charge in [-0.3, -0.25) is 0 Å². The zero-order valence-corrected chi connectivity index (χ0v) is 8.40. The van der Waals surface area contributed by atoms with Gasteiger partial charge in [-0.15, -0.1) is 0 Å². The lowest BCUT2D eigenvalue weighted by molar-refractivity contribution is 0.297. The second kappa shape index (κ2) is 8.06. The predicted octanol–water partition coefficient (Wildman–Crippen LogP) is 2.91. The minimum Gasteiger partial charge on any atom is -0.306 e. The first-order valence-corrected chi connectivity index (χ1v) is 5.08. The molecule has 1 fully saturated rings. The Morgan fingerprint density at radius 2 is 1.09 bits per heavy atom. The summed E-state index contributed by atoms with van der Waals surface area (Å²) in [5.74, 6) is 0. The van der Waals surface area contributed by atoms with E-state index in [9.17, 15) is 0 Å². The minimum atomic E-state index is 1.32. The van der Waals surface area contributed by atoms with Gasteiger partial charge in [0.25, 0.3) is 0 Å². The van der Waals surface area contributed by atoms with Crippen molar-refractivity contribution in [3.63, 3.8) is 0 Å². The Labute approximate surface area is 71.8 Å². The van der Waals surface area contributed by atoms with Crippen LogP contribution in [0.1, 0.15) is 46.0 Å². The monoisotopic (exact) mass is 157 g/mol. The molecule has 0 aromatic rings. The fraction of sp³-hybridized carbons (Fsp3) is 1.00. The molecule has 1 aliphatic rings. The SMILES string of the molecule is CC.CN1CCCCCCC1. The number of hydrogen-bond acceptors (Lipinski definition) is 1. The Balaban J connectivity index is 0.000000461. The van der Waals surface area contributed by atoms with Crippen LogP contribution in [-0.4, -0.2) is 25.0 Å². The summed E-state index contributed by atoms with van der Waals surface area (Å²) in [6.45, 7) is 6.64. The van der Waals surface area contributed by atoms with Crippen LogP contribution in [0.5, 0.6) is 0 Å². The highest BCUT2D eigenvalue weighted by atomic mass is 15.1. The van der Waals surface area contributed by atoms with Crippen LogP contribution in [0.2, 0.25) is 0 Å². The third-order valence-corrected chi connectivity index (χ3v) is 2.08. The van der Waals surface area contributed by atoms with E-state index in [1.807, 2.05) is 13.8 Å². The van der Waals surface area contributed by atoms with E-state index in [4.69, 9.17) is 0 Å². The van der Waals surface area contributed by atoms with Crippen molar-refractivity contribution in [1.82, 2.24) is 4.90 Å². The van der Waals surface area contributed by atoms with Gasteiger partial charge in [0.1, 0.15) is 0 Å². The number of rotatable bonds is 0. The maximum atomic E-state index is 2.44. The van der Waals surface area contributed by atoms with Gasteiger partial charge in [0.15, 0.2) is 0 Å². The Hall–Kier alpha value is -0.0400. The van der Waals surface area contributed by atoms with Gasteiger partial charge >= 0.3 is 0 Å². The van der Waals surface area contributed by atoms with E-state index in [0.29, 0.717) is 0 Å². The summed E-state index contributed by atoms with van der Waals surface area (Å²) in [5, 5.41) is 0. The summed E-state index contributed by atoms with van der Waals surface area (Å²) in [5.41, 5.74) is 0. The third kappa shape index (κ3) is 6.36. The molecule has 1 heterocycles. The molecule has 0 saturated carbocycles. The number of nitrogens with zero attached hydrogens (tertiary/aromatic N) is 1. The molecule has 1 nitrogen and oxygen atoms in total. The van der Waals surface area contributed by atoms with E-state index in [1.165, 1.54) is 45.2 Å². The van der Waals surface area contributed by atoms with Gasteiger partial charge < -0.3 is 4.90 Å². The minimum absolute atomic E-state index is 1.32. The van der Waals surface area contributed by atoms with Crippen molar-refractivity contribution in [2.24, 2.45) is 0 Å². The second-order valence-corrected chi connectivity index (χ2v) is 3.07. The molecule has 1 rings (SSSR count). The smallest absolute Gasteiger partial charge is 0.00218 e. The van der Waals surface area contributed by atoms with Crippen LogP contribution in [0.15, 0.2) is 0 Å². The predicted molar refractivity (Wildman–Crippen MR) is 51.9 cm³/mol. The standard InChI is InChI=1S/C8H17N.C2H6/c1-9-7-5-3-2-4-6-8-9;1-2/h2-8H2,1H3;1-2H3. The molecule has 1 heteroatoms. The maximum Gasteiger partial charge on any atom is -0.00218 e. The van der Waals surface area contributed by atoms with E-state index < -0.39 is 0 Å². The van der Waals surface area contributed by atoms with Crippen molar-refractivity contribution in [3.05, 3.63) is 0 Å². The molecular weight excluding hydrogens is 134 g/mol. The Morgan fingerprint density at radius 3 is 1.55 bits per heavy atom. The molecule has 1 saturated heterocycles. The molecule has 0 radical (unpaired) electrons. The van der Waals surface area contributed by atoms with Crippen LogP contribution < -0.4 is 0 Å². The zero-order valence-electron chi connectivity index (χ0n) is 8.40. The van der Waals surface area contributed by atoms with Gasteiger partial charge in [-0.05, 0) is 33.0 Å². The van der Waals surface area contributed by atoms with Crippen LogP contribution in [0.25, 0.3) is 0 Å². The van der Waals surface area contributed by atoms with Crippen molar-refractivity contribution in [2.75, 3.05) is 20.1 Å². The lowest BCUT2D eigenvalue weighted by Crippen LogP contribution is -2.22. The van der Waals surface area contributed by atoms with Gasteiger partial charge in [-0.25, -0.2) is 0 Å². The molecular formula is C10H23N. The molecule has 0 aromatic carbocycles. The van der Waals surface area contributed by atoms with Crippen LogP contribution in [-0.2, 0) is 0 Å². The fourth-order valence-corrected chi connectivity index (χ4v) is 1.41. The summed E-state index contributed by atoms with van der Waals surface area (Å²) >= 11 is 0. The summed E-state index contributed by atoms with van der Waals surface area (Å²) in [7, 11) is 2.23. The summed E-state index contributed by atoms with van der Waals surface area (Å²) in [6, 6.07) is 0. The first-order chi connectivity index (χ1) is 5.39. The summed E-state index contributed by atoms with van der Waals surface area (Å²) in [6.07, 6.45) is 7.19. The molecule has 0 atom stereocenters. The normalized spacial score (nSPS) is 21.0. The van der Waals surface area contributed by atoms with Gasteiger partial charge in [0, 0.05) is 0 Å². The lowest BCUT2D eigenvalue weighted by Gasteiger charge is -2.18. The molecule has 0 aliphatic carbocycles. The first kappa shape index (κ1) is 11.0. The highest BCUT2D eigenvalue weighted by Gasteiger charge is 2.01. The van der Waals surface area contributed by atoms with Crippen LogP contribution in [0, 0.1) is 0 Å². The average molecular weight is 157 g/mol. The highest BCUT2D eigenvalue weighted by Crippen LogP contribution is 2.08. The quantitative estimate of drug-likeness (QED) is 0.522. The van der Waals surface area contributed by atoms with E-state index >= 15 is 0 Å². The molecule has 68 valence electrons. The number of likely N-dealkylation sites (tertiary alicyclic amines) is 1. The zero-order chi connectivity index (χ0) is 8.53. The van der Waals surface area contributed by atoms with Crippen LogP contribution in [0.4, 0.5) is 0 Å². The van der Waals surface area contributed by atoms with Crippen LogP contribution in [0.3, 0.4) is 0 Å². The molecule has 11 heavy (non-hydrogen) atoms. The molecule has 0 unspecified atom stereocenters. The van der Waals surface area contributed by atoms with Gasteiger partial charge in [0.05, 0.1) is 0 Å². The molecule has 0 bridgehead atoms. The largest absolute Gasteiger partial charge is 0.306 e. The van der Waals surface area contributed by atoms with Crippen molar-refractivity contribution in [1.29, 1.82) is 0 Å². The Morgan fingerprint density at radius 1 is 0.727 bits per heavy atom. The van der Waals surface area contributed by atoms with Gasteiger partial charge in [-0.1, -0.05) is 33.1 Å².